The third-order valence-corrected chi connectivity index (χ3v) is 4.19. The van der Waals surface area contributed by atoms with Crippen molar-refractivity contribution in [1.29, 1.82) is 0 Å². The number of hydrogen-bond donors (Lipinski definition) is 1. The molecule has 19 heavy (non-hydrogen) atoms. The van der Waals surface area contributed by atoms with E-state index >= 15 is 0 Å². The van der Waals surface area contributed by atoms with Gasteiger partial charge in [-0.3, -0.25) is 4.98 Å². The van der Waals surface area contributed by atoms with Gasteiger partial charge < -0.3 is 5.73 Å². The number of halogens is 1. The lowest BCUT2D eigenvalue weighted by molar-refractivity contribution is 0.646. The number of nitrogens with zero attached hydrogens (tertiary/aromatic N) is 2. The van der Waals surface area contributed by atoms with Crippen molar-refractivity contribution in [2.75, 3.05) is 0 Å². The van der Waals surface area contributed by atoms with Crippen LogP contribution in [-0.2, 0) is 6.42 Å². The SMILES string of the molecule is CCC(N)Cc1ccc(Sc2cnccn2)c(Cl)c1. The van der Waals surface area contributed by atoms with E-state index in [2.05, 4.69) is 23.0 Å². The van der Waals surface area contributed by atoms with Gasteiger partial charge in [-0.05, 0) is 30.5 Å². The zero-order chi connectivity index (χ0) is 13.7. The Bertz CT molecular complexity index is 533. The van der Waals surface area contributed by atoms with E-state index in [1.54, 1.807) is 18.6 Å². The summed E-state index contributed by atoms with van der Waals surface area (Å²) in [5.41, 5.74) is 7.12. The van der Waals surface area contributed by atoms with Gasteiger partial charge in [-0.2, -0.15) is 0 Å². The molecule has 0 aliphatic heterocycles. The van der Waals surface area contributed by atoms with Crippen molar-refractivity contribution in [2.45, 2.75) is 35.7 Å². The number of aromatic nitrogens is 2. The molecule has 3 nitrogen and oxygen atoms in total. The van der Waals surface area contributed by atoms with Crippen LogP contribution in [0.1, 0.15) is 18.9 Å². The summed E-state index contributed by atoms with van der Waals surface area (Å²) >= 11 is 7.81. The van der Waals surface area contributed by atoms with Crippen molar-refractivity contribution in [3.8, 4) is 0 Å². The van der Waals surface area contributed by atoms with Gasteiger partial charge in [-0.1, -0.05) is 36.4 Å². The topological polar surface area (TPSA) is 51.8 Å². The van der Waals surface area contributed by atoms with Crippen molar-refractivity contribution in [3.63, 3.8) is 0 Å². The van der Waals surface area contributed by atoms with E-state index in [0.29, 0.717) is 0 Å². The second-order valence-electron chi connectivity index (χ2n) is 4.28. The van der Waals surface area contributed by atoms with Gasteiger partial charge in [-0.15, -0.1) is 0 Å². The van der Waals surface area contributed by atoms with Crippen molar-refractivity contribution in [2.24, 2.45) is 5.73 Å². The molecule has 0 aliphatic carbocycles. The summed E-state index contributed by atoms with van der Waals surface area (Å²) in [6, 6.07) is 6.25. The van der Waals surface area contributed by atoms with Gasteiger partial charge in [-0.25, -0.2) is 4.98 Å². The van der Waals surface area contributed by atoms with E-state index in [0.717, 1.165) is 27.8 Å². The first-order valence-electron chi connectivity index (χ1n) is 6.17. The Balaban J connectivity index is 2.11. The molecule has 2 rings (SSSR count). The highest BCUT2D eigenvalue weighted by Crippen LogP contribution is 2.32. The quantitative estimate of drug-likeness (QED) is 0.916. The van der Waals surface area contributed by atoms with Gasteiger partial charge in [0.25, 0.3) is 0 Å². The number of nitrogens with two attached hydrogens (primary N) is 1. The molecule has 1 aromatic carbocycles. The van der Waals surface area contributed by atoms with E-state index < -0.39 is 0 Å². The molecular formula is C14H16ClN3S. The minimum atomic E-state index is 0.189. The largest absolute Gasteiger partial charge is 0.327 e. The Hall–Kier alpha value is -1.10. The van der Waals surface area contributed by atoms with Crippen LogP contribution in [-0.4, -0.2) is 16.0 Å². The highest BCUT2D eigenvalue weighted by atomic mass is 35.5. The van der Waals surface area contributed by atoms with E-state index in [-0.39, 0.29) is 6.04 Å². The summed E-state index contributed by atoms with van der Waals surface area (Å²) in [6.07, 6.45) is 6.87. The molecule has 0 fully saturated rings. The first kappa shape index (κ1) is 14.3. The van der Waals surface area contributed by atoms with Crippen LogP contribution in [0.25, 0.3) is 0 Å². The lowest BCUT2D eigenvalue weighted by Gasteiger charge is -2.10. The minimum absolute atomic E-state index is 0.189. The first-order valence-corrected chi connectivity index (χ1v) is 7.36. The average molecular weight is 294 g/mol. The average Bonchev–Trinajstić information content (AvgIpc) is 2.43. The predicted octanol–water partition coefficient (Wildman–Crippen LogP) is 3.56. The van der Waals surface area contributed by atoms with Crippen LogP contribution in [0.5, 0.6) is 0 Å². The second-order valence-corrected chi connectivity index (χ2v) is 5.75. The van der Waals surface area contributed by atoms with Gasteiger partial charge in [0.2, 0.25) is 0 Å². The van der Waals surface area contributed by atoms with Crippen LogP contribution in [0, 0.1) is 0 Å². The zero-order valence-corrected chi connectivity index (χ0v) is 12.3. The molecule has 100 valence electrons. The molecular weight excluding hydrogens is 278 g/mol. The van der Waals surface area contributed by atoms with Crippen LogP contribution in [0.2, 0.25) is 5.02 Å². The predicted molar refractivity (Wildman–Crippen MR) is 79.6 cm³/mol. The van der Waals surface area contributed by atoms with Crippen LogP contribution < -0.4 is 5.73 Å². The molecule has 0 saturated heterocycles. The summed E-state index contributed by atoms with van der Waals surface area (Å²) in [4.78, 5) is 9.24. The lowest BCUT2D eigenvalue weighted by atomic mass is 10.1. The molecule has 0 aliphatic rings. The molecule has 0 spiro atoms. The summed E-state index contributed by atoms with van der Waals surface area (Å²) in [5, 5.41) is 1.57. The molecule has 1 aromatic heterocycles. The zero-order valence-electron chi connectivity index (χ0n) is 10.7. The van der Waals surface area contributed by atoms with Gasteiger partial charge in [0, 0.05) is 23.3 Å². The summed E-state index contributed by atoms with van der Waals surface area (Å²) in [7, 11) is 0. The van der Waals surface area contributed by atoms with E-state index in [1.165, 1.54) is 17.3 Å². The Morgan fingerprint density at radius 3 is 2.84 bits per heavy atom. The Kier molecular flexibility index (Phi) is 5.19. The van der Waals surface area contributed by atoms with Crippen LogP contribution >= 0.6 is 23.4 Å². The molecule has 1 unspecified atom stereocenters. The van der Waals surface area contributed by atoms with Crippen molar-refractivity contribution < 1.29 is 0 Å². The molecule has 2 aromatic rings. The van der Waals surface area contributed by atoms with E-state index in [1.807, 2.05) is 12.1 Å². The second kappa shape index (κ2) is 6.89. The van der Waals surface area contributed by atoms with Crippen molar-refractivity contribution in [3.05, 3.63) is 47.4 Å². The Labute approximate surface area is 122 Å². The van der Waals surface area contributed by atoms with Crippen LogP contribution in [0.4, 0.5) is 0 Å². The monoisotopic (exact) mass is 293 g/mol. The first-order chi connectivity index (χ1) is 9.19. The fourth-order valence-electron chi connectivity index (χ4n) is 1.65. The lowest BCUT2D eigenvalue weighted by Crippen LogP contribution is -2.21. The standard InChI is InChI=1S/C14H16ClN3S/c1-2-11(16)7-10-3-4-13(12(15)8-10)19-14-9-17-5-6-18-14/h3-6,8-9,11H,2,7,16H2,1H3. The Morgan fingerprint density at radius 1 is 1.37 bits per heavy atom. The highest BCUT2D eigenvalue weighted by Gasteiger charge is 2.07. The van der Waals surface area contributed by atoms with Crippen LogP contribution in [0.3, 0.4) is 0 Å². The molecule has 0 saturated carbocycles. The maximum absolute atomic E-state index is 6.30. The molecule has 1 heterocycles. The summed E-state index contributed by atoms with van der Waals surface area (Å²) < 4.78 is 0. The Morgan fingerprint density at radius 2 is 2.21 bits per heavy atom. The maximum atomic E-state index is 6.30. The van der Waals surface area contributed by atoms with Crippen molar-refractivity contribution in [1.82, 2.24) is 9.97 Å². The van der Waals surface area contributed by atoms with Gasteiger partial charge in [0.1, 0.15) is 5.03 Å². The number of hydrogen-bond acceptors (Lipinski definition) is 4. The smallest absolute Gasteiger partial charge is 0.119 e. The third kappa shape index (κ3) is 4.20. The van der Waals surface area contributed by atoms with Gasteiger partial charge >= 0.3 is 0 Å². The van der Waals surface area contributed by atoms with Gasteiger partial charge in [0.05, 0.1) is 11.2 Å². The molecule has 5 heteroatoms. The van der Waals surface area contributed by atoms with E-state index in [9.17, 15) is 0 Å². The van der Waals surface area contributed by atoms with Gasteiger partial charge in [0.15, 0.2) is 0 Å². The fourth-order valence-corrected chi connectivity index (χ4v) is 2.72. The molecule has 1 atom stereocenters. The summed E-state index contributed by atoms with van der Waals surface area (Å²) in [6.45, 7) is 2.09. The maximum Gasteiger partial charge on any atom is 0.119 e. The highest BCUT2D eigenvalue weighted by molar-refractivity contribution is 7.99. The summed E-state index contributed by atoms with van der Waals surface area (Å²) in [5.74, 6) is 0. The number of benzene rings is 1. The van der Waals surface area contributed by atoms with E-state index in [4.69, 9.17) is 17.3 Å². The fraction of sp³-hybridized carbons (Fsp3) is 0.286. The molecule has 0 bridgehead atoms. The number of rotatable bonds is 5. The third-order valence-electron chi connectivity index (χ3n) is 2.77. The molecule has 2 N–H and O–H groups in total. The van der Waals surface area contributed by atoms with Crippen molar-refractivity contribution >= 4 is 23.4 Å². The molecule has 0 radical (unpaired) electrons. The normalized spacial score (nSPS) is 12.4. The minimum Gasteiger partial charge on any atom is -0.327 e. The van der Waals surface area contributed by atoms with Crippen LogP contribution in [0.15, 0.2) is 46.7 Å². The molecule has 0 amide bonds.